The topological polar surface area (TPSA) is 64.1 Å². The van der Waals surface area contributed by atoms with Gasteiger partial charge >= 0.3 is 6.09 Å². The van der Waals surface area contributed by atoms with Crippen LogP contribution in [0.3, 0.4) is 0 Å². The van der Waals surface area contributed by atoms with Gasteiger partial charge in [0, 0.05) is 36.6 Å². The molecular weight excluding hydrogens is 402 g/mol. The average molecular weight is 425 g/mol. The Kier molecular flexibility index (Phi) is 6.01. The molecule has 1 amide bonds. The third-order valence-corrected chi connectivity index (χ3v) is 4.77. The van der Waals surface area contributed by atoms with Crippen LogP contribution in [0.1, 0.15) is 58.1 Å². The van der Waals surface area contributed by atoms with Crippen LogP contribution < -0.4 is 5.32 Å². The molecule has 1 aliphatic rings. The van der Waals surface area contributed by atoms with Gasteiger partial charge in [-0.15, -0.1) is 0 Å². The van der Waals surface area contributed by atoms with E-state index in [-0.39, 0.29) is 48.5 Å². The summed E-state index contributed by atoms with van der Waals surface area (Å²) in [5.74, 6) is -4.87. The second-order valence-corrected chi connectivity index (χ2v) is 8.36. The number of anilines is 1. The lowest BCUT2D eigenvalue weighted by Crippen LogP contribution is -2.29. The van der Waals surface area contributed by atoms with E-state index in [1.165, 1.54) is 12.3 Å². The second-order valence-electron chi connectivity index (χ2n) is 8.36. The zero-order chi connectivity index (χ0) is 22.1. The molecule has 1 aliphatic carbocycles. The third-order valence-electron chi connectivity index (χ3n) is 4.77. The first-order valence-electron chi connectivity index (χ1n) is 9.63. The highest BCUT2D eigenvalue weighted by molar-refractivity contribution is 5.92. The van der Waals surface area contributed by atoms with Crippen LogP contribution in [0.2, 0.25) is 0 Å². The number of hydrogen-bond donors (Lipinski definition) is 1. The molecule has 2 heterocycles. The molecular formula is C21H23F4N3O2. The molecule has 2 aromatic rings. The van der Waals surface area contributed by atoms with Gasteiger partial charge in [-0.2, -0.15) is 0 Å². The fourth-order valence-electron chi connectivity index (χ4n) is 3.45. The molecule has 2 aromatic heterocycles. The van der Waals surface area contributed by atoms with Crippen LogP contribution in [0, 0.1) is 11.6 Å². The number of aromatic nitrogens is 2. The first-order chi connectivity index (χ1) is 14.0. The third kappa shape index (κ3) is 5.25. The zero-order valence-electron chi connectivity index (χ0n) is 16.9. The Morgan fingerprint density at radius 1 is 1.20 bits per heavy atom. The average Bonchev–Trinajstić information content (AvgIpc) is 2.61. The Morgan fingerprint density at radius 2 is 1.87 bits per heavy atom. The highest BCUT2D eigenvalue weighted by Gasteiger charge is 2.37. The van der Waals surface area contributed by atoms with E-state index in [1.807, 2.05) is 0 Å². The predicted octanol–water partition coefficient (Wildman–Crippen LogP) is 6.06. The summed E-state index contributed by atoms with van der Waals surface area (Å²) < 4.78 is 60.3. The van der Waals surface area contributed by atoms with E-state index in [4.69, 9.17) is 4.74 Å². The van der Waals surface area contributed by atoms with E-state index in [9.17, 15) is 22.4 Å². The monoisotopic (exact) mass is 425 g/mol. The van der Waals surface area contributed by atoms with Crippen molar-refractivity contribution in [3.63, 3.8) is 0 Å². The molecule has 162 valence electrons. The molecule has 1 N–H and O–H groups in total. The largest absolute Gasteiger partial charge is 0.444 e. The van der Waals surface area contributed by atoms with Crippen LogP contribution in [-0.4, -0.2) is 27.6 Å². The van der Waals surface area contributed by atoms with Gasteiger partial charge in [0.05, 0.1) is 17.6 Å². The molecule has 0 saturated heterocycles. The first kappa shape index (κ1) is 22.0. The maximum absolute atomic E-state index is 14.4. The van der Waals surface area contributed by atoms with E-state index in [2.05, 4.69) is 15.3 Å². The first-order valence-corrected chi connectivity index (χ1v) is 9.63. The summed E-state index contributed by atoms with van der Waals surface area (Å²) in [7, 11) is 0. The number of pyridine rings is 2. The van der Waals surface area contributed by atoms with E-state index >= 15 is 0 Å². The number of rotatable bonds is 3. The standard InChI is InChI=1S/C21H23F4N3O2/c1-20(2,3)30-19(29)28-18-14(17-15(23)10-13(22)11-27-17)6-9-26-16(18)12-4-7-21(24,25)8-5-12/h6,9-12H,4-5,7-8H2,1-3H3,(H,28,29). The van der Waals surface area contributed by atoms with Crippen molar-refractivity contribution in [2.75, 3.05) is 5.32 Å². The number of amides is 1. The van der Waals surface area contributed by atoms with Crippen LogP contribution in [0.25, 0.3) is 11.3 Å². The number of nitrogens with one attached hydrogen (secondary N) is 1. The van der Waals surface area contributed by atoms with Crippen molar-refractivity contribution >= 4 is 11.8 Å². The van der Waals surface area contributed by atoms with Gasteiger partial charge in [-0.05, 0) is 39.7 Å². The van der Waals surface area contributed by atoms with Crippen molar-refractivity contribution in [2.45, 2.75) is 63.9 Å². The van der Waals surface area contributed by atoms with E-state index in [0.29, 0.717) is 11.8 Å². The fourth-order valence-corrected chi connectivity index (χ4v) is 3.45. The van der Waals surface area contributed by atoms with Gasteiger partial charge in [0.2, 0.25) is 5.92 Å². The minimum Gasteiger partial charge on any atom is -0.444 e. The summed E-state index contributed by atoms with van der Waals surface area (Å²) >= 11 is 0. The summed E-state index contributed by atoms with van der Waals surface area (Å²) in [5, 5.41) is 2.58. The van der Waals surface area contributed by atoms with Crippen LogP contribution in [0.4, 0.5) is 28.0 Å². The summed E-state index contributed by atoms with van der Waals surface area (Å²) in [6.07, 6.45) is 1.15. The van der Waals surface area contributed by atoms with Gasteiger partial charge in [0.15, 0.2) is 5.82 Å². The van der Waals surface area contributed by atoms with Crippen LogP contribution >= 0.6 is 0 Å². The molecule has 5 nitrogen and oxygen atoms in total. The minimum absolute atomic E-state index is 0.125. The molecule has 1 fully saturated rings. The molecule has 1 saturated carbocycles. The normalized spacial score (nSPS) is 16.9. The van der Waals surface area contributed by atoms with Crippen molar-refractivity contribution < 1.29 is 27.1 Å². The van der Waals surface area contributed by atoms with Crippen LogP contribution in [0.15, 0.2) is 24.5 Å². The van der Waals surface area contributed by atoms with Crippen molar-refractivity contribution in [2.24, 2.45) is 0 Å². The SMILES string of the molecule is CC(C)(C)OC(=O)Nc1c(-c2ncc(F)cc2F)ccnc1C1CCC(F)(F)CC1. The molecule has 0 spiro atoms. The Hall–Kier alpha value is -2.71. The summed E-state index contributed by atoms with van der Waals surface area (Å²) in [6, 6.07) is 2.11. The Morgan fingerprint density at radius 3 is 2.47 bits per heavy atom. The van der Waals surface area contributed by atoms with Gasteiger partial charge in [0.1, 0.15) is 17.1 Å². The lowest BCUT2D eigenvalue weighted by Gasteiger charge is -2.29. The minimum atomic E-state index is -2.74. The molecule has 3 rings (SSSR count). The van der Waals surface area contributed by atoms with Gasteiger partial charge in [-0.25, -0.2) is 22.4 Å². The summed E-state index contributed by atoms with van der Waals surface area (Å²) in [6.45, 7) is 5.05. The van der Waals surface area contributed by atoms with Crippen molar-refractivity contribution in [1.29, 1.82) is 0 Å². The summed E-state index contributed by atoms with van der Waals surface area (Å²) in [4.78, 5) is 20.5. The molecule has 0 aromatic carbocycles. The molecule has 0 bridgehead atoms. The van der Waals surface area contributed by atoms with Gasteiger partial charge < -0.3 is 4.74 Å². The number of halogens is 4. The van der Waals surface area contributed by atoms with Crippen LogP contribution in [-0.2, 0) is 4.74 Å². The number of carbonyl (C=O) groups excluding carboxylic acids is 1. The van der Waals surface area contributed by atoms with E-state index in [0.717, 1.165) is 6.20 Å². The van der Waals surface area contributed by atoms with E-state index < -0.39 is 29.3 Å². The Labute approximate surface area is 171 Å². The summed E-state index contributed by atoms with van der Waals surface area (Å²) in [5.41, 5.74) is -0.342. The Bertz CT molecular complexity index is 934. The van der Waals surface area contributed by atoms with Gasteiger partial charge in [-0.1, -0.05) is 0 Å². The second kappa shape index (κ2) is 8.20. The van der Waals surface area contributed by atoms with Crippen molar-refractivity contribution in [3.8, 4) is 11.3 Å². The molecule has 0 radical (unpaired) electrons. The number of hydrogen-bond acceptors (Lipinski definition) is 4. The lowest BCUT2D eigenvalue weighted by molar-refractivity contribution is -0.0384. The maximum atomic E-state index is 14.4. The van der Waals surface area contributed by atoms with E-state index in [1.54, 1.807) is 20.8 Å². The lowest BCUT2D eigenvalue weighted by atomic mass is 9.83. The Balaban J connectivity index is 2.05. The molecule has 30 heavy (non-hydrogen) atoms. The highest BCUT2D eigenvalue weighted by Crippen LogP contribution is 2.44. The molecule has 0 atom stereocenters. The van der Waals surface area contributed by atoms with Gasteiger partial charge in [0.25, 0.3) is 0 Å². The van der Waals surface area contributed by atoms with Gasteiger partial charge in [-0.3, -0.25) is 15.3 Å². The predicted molar refractivity (Wildman–Crippen MR) is 103 cm³/mol. The fraction of sp³-hybridized carbons (Fsp3) is 0.476. The number of ether oxygens (including phenoxy) is 1. The quantitative estimate of drug-likeness (QED) is 0.607. The molecule has 0 unspecified atom stereocenters. The van der Waals surface area contributed by atoms with Crippen molar-refractivity contribution in [1.82, 2.24) is 9.97 Å². The number of alkyl halides is 2. The highest BCUT2D eigenvalue weighted by atomic mass is 19.3. The number of carbonyl (C=O) groups is 1. The molecule has 0 aliphatic heterocycles. The number of nitrogens with zero attached hydrogens (tertiary/aromatic N) is 2. The smallest absolute Gasteiger partial charge is 0.412 e. The van der Waals surface area contributed by atoms with Crippen LogP contribution in [0.5, 0.6) is 0 Å². The zero-order valence-corrected chi connectivity index (χ0v) is 16.9. The van der Waals surface area contributed by atoms with Crippen molar-refractivity contribution in [3.05, 3.63) is 41.9 Å². The molecule has 9 heteroatoms. The maximum Gasteiger partial charge on any atom is 0.412 e.